The Morgan fingerprint density at radius 2 is 2.29 bits per heavy atom. The molecule has 0 radical (unpaired) electrons. The summed E-state index contributed by atoms with van der Waals surface area (Å²) in [6.07, 6.45) is 2.53. The van der Waals surface area contributed by atoms with Crippen molar-refractivity contribution in [2.24, 2.45) is 0 Å². The molecule has 1 atom stereocenters. The normalized spacial score (nSPS) is 17.3. The van der Waals surface area contributed by atoms with E-state index in [0.29, 0.717) is 6.42 Å². The highest BCUT2D eigenvalue weighted by Gasteiger charge is 2.29. The minimum atomic E-state index is -0.772. The largest absolute Gasteiger partial charge is 0.481 e. The molecule has 3 rings (SSSR count). The lowest BCUT2D eigenvalue weighted by Crippen LogP contribution is -2.17. The first-order chi connectivity index (χ1) is 10.0. The van der Waals surface area contributed by atoms with Gasteiger partial charge in [0.25, 0.3) is 0 Å². The predicted octanol–water partition coefficient (Wildman–Crippen LogP) is 4.46. The summed E-state index contributed by atoms with van der Waals surface area (Å²) in [4.78, 5) is 16.9. The van der Waals surface area contributed by atoms with Crippen molar-refractivity contribution in [3.63, 3.8) is 0 Å². The van der Waals surface area contributed by atoms with E-state index in [1.54, 1.807) is 11.3 Å². The van der Waals surface area contributed by atoms with Gasteiger partial charge in [-0.1, -0.05) is 15.9 Å². The minimum absolute atomic E-state index is 0.454. The lowest BCUT2D eigenvalue weighted by atomic mass is 9.91. The van der Waals surface area contributed by atoms with Crippen LogP contribution in [0, 0.1) is 6.92 Å². The van der Waals surface area contributed by atoms with Crippen LogP contribution in [0.5, 0.6) is 0 Å². The Balaban J connectivity index is 1.89. The van der Waals surface area contributed by atoms with Gasteiger partial charge in [0.05, 0.1) is 5.69 Å². The number of carbonyl (C=O) groups is 1. The number of rotatable bonds is 3. The Labute approximate surface area is 135 Å². The fraction of sp³-hybridized carbons (Fsp3) is 0.333. The van der Waals surface area contributed by atoms with Gasteiger partial charge in [-0.2, -0.15) is 0 Å². The van der Waals surface area contributed by atoms with Crippen molar-refractivity contribution in [3.05, 3.63) is 38.8 Å². The summed E-state index contributed by atoms with van der Waals surface area (Å²) in [5, 5.41) is 13.4. The minimum Gasteiger partial charge on any atom is -0.481 e. The molecule has 1 aliphatic carbocycles. The number of fused-ring (bicyclic) bond motifs is 1. The second-order valence-corrected chi connectivity index (χ2v) is 7.25. The first-order valence-corrected chi connectivity index (χ1v) is 8.40. The molecular formula is C15H15BrN2O2S. The van der Waals surface area contributed by atoms with Gasteiger partial charge in [-0.05, 0) is 49.9 Å². The first kappa shape index (κ1) is 14.5. The first-order valence-electron chi connectivity index (χ1n) is 6.79. The number of thiazole rings is 1. The van der Waals surface area contributed by atoms with Crippen LogP contribution < -0.4 is 5.32 Å². The summed E-state index contributed by atoms with van der Waals surface area (Å²) in [6.45, 7) is 2.03. The Hall–Kier alpha value is -1.40. The van der Waals surface area contributed by atoms with E-state index in [9.17, 15) is 9.90 Å². The van der Waals surface area contributed by atoms with E-state index in [-0.39, 0.29) is 0 Å². The summed E-state index contributed by atoms with van der Waals surface area (Å²) >= 11 is 5.04. The van der Waals surface area contributed by atoms with Crippen LogP contribution in [-0.4, -0.2) is 16.1 Å². The quantitative estimate of drug-likeness (QED) is 0.841. The van der Waals surface area contributed by atoms with E-state index in [1.165, 1.54) is 0 Å². The average molecular weight is 367 g/mol. The Morgan fingerprint density at radius 3 is 3.00 bits per heavy atom. The molecule has 1 aromatic carbocycles. The zero-order chi connectivity index (χ0) is 15.0. The van der Waals surface area contributed by atoms with E-state index in [1.807, 2.05) is 25.1 Å². The molecule has 0 spiro atoms. The van der Waals surface area contributed by atoms with Crippen LogP contribution >= 0.6 is 27.3 Å². The Bertz CT molecular complexity index is 679. The molecule has 0 saturated carbocycles. The van der Waals surface area contributed by atoms with Gasteiger partial charge in [0.1, 0.15) is 5.92 Å². The van der Waals surface area contributed by atoms with E-state index in [2.05, 4.69) is 26.2 Å². The van der Waals surface area contributed by atoms with Crippen molar-refractivity contribution >= 4 is 44.1 Å². The van der Waals surface area contributed by atoms with E-state index < -0.39 is 11.9 Å². The van der Waals surface area contributed by atoms with Gasteiger partial charge in [0.15, 0.2) is 5.13 Å². The van der Waals surface area contributed by atoms with Gasteiger partial charge in [-0.3, -0.25) is 4.79 Å². The zero-order valence-corrected chi connectivity index (χ0v) is 13.9. The maximum absolute atomic E-state index is 11.3. The highest BCUT2D eigenvalue weighted by Crippen LogP contribution is 2.37. The number of carboxylic acid groups (broad SMARTS) is 1. The van der Waals surface area contributed by atoms with Crippen LogP contribution in [0.1, 0.15) is 34.9 Å². The SMILES string of the molecule is Cc1cc(Br)cc(Nc2nc3c(s2)CCCC3C(=O)O)c1. The van der Waals surface area contributed by atoms with Crippen molar-refractivity contribution in [1.82, 2.24) is 4.98 Å². The molecule has 0 saturated heterocycles. The monoisotopic (exact) mass is 366 g/mol. The molecule has 0 fully saturated rings. The summed E-state index contributed by atoms with van der Waals surface area (Å²) < 4.78 is 1.01. The molecular weight excluding hydrogens is 352 g/mol. The van der Waals surface area contributed by atoms with E-state index >= 15 is 0 Å². The lowest BCUT2D eigenvalue weighted by molar-refractivity contribution is -0.139. The average Bonchev–Trinajstić information content (AvgIpc) is 2.78. The molecule has 1 aromatic heterocycles. The summed E-state index contributed by atoms with van der Waals surface area (Å²) in [7, 11) is 0. The third-order valence-electron chi connectivity index (χ3n) is 3.55. The van der Waals surface area contributed by atoms with Gasteiger partial charge in [0, 0.05) is 15.0 Å². The fourth-order valence-corrected chi connectivity index (χ4v) is 4.34. The molecule has 0 aliphatic heterocycles. The van der Waals surface area contributed by atoms with Crippen LogP contribution in [0.4, 0.5) is 10.8 Å². The number of nitrogens with zero attached hydrogens (tertiary/aromatic N) is 1. The number of hydrogen-bond donors (Lipinski definition) is 2. The maximum Gasteiger partial charge on any atom is 0.312 e. The summed E-state index contributed by atoms with van der Waals surface area (Å²) in [5.41, 5.74) is 2.85. The van der Waals surface area contributed by atoms with Crippen LogP contribution in [0.15, 0.2) is 22.7 Å². The maximum atomic E-state index is 11.3. The third kappa shape index (κ3) is 3.11. The van der Waals surface area contributed by atoms with Crippen molar-refractivity contribution in [1.29, 1.82) is 0 Å². The lowest BCUT2D eigenvalue weighted by Gasteiger charge is -2.16. The van der Waals surface area contributed by atoms with Gasteiger partial charge in [-0.15, -0.1) is 11.3 Å². The van der Waals surface area contributed by atoms with Gasteiger partial charge in [-0.25, -0.2) is 4.98 Å². The number of benzene rings is 1. The summed E-state index contributed by atoms with van der Waals surface area (Å²) in [6, 6.07) is 6.07. The topological polar surface area (TPSA) is 62.2 Å². The number of carboxylic acids is 1. The van der Waals surface area contributed by atoms with Crippen LogP contribution in [0.2, 0.25) is 0 Å². The van der Waals surface area contributed by atoms with Crippen molar-refractivity contribution in [3.8, 4) is 0 Å². The molecule has 1 heterocycles. The number of anilines is 2. The molecule has 4 nitrogen and oxygen atoms in total. The molecule has 2 aromatic rings. The van der Waals surface area contributed by atoms with E-state index in [0.717, 1.165) is 44.3 Å². The highest BCUT2D eigenvalue weighted by molar-refractivity contribution is 9.10. The van der Waals surface area contributed by atoms with Gasteiger partial charge < -0.3 is 10.4 Å². The van der Waals surface area contributed by atoms with Crippen LogP contribution in [0.3, 0.4) is 0 Å². The predicted molar refractivity (Wildman–Crippen MR) is 87.6 cm³/mol. The van der Waals surface area contributed by atoms with E-state index in [4.69, 9.17) is 0 Å². The molecule has 0 bridgehead atoms. The van der Waals surface area contributed by atoms with Gasteiger partial charge in [0.2, 0.25) is 0 Å². The highest BCUT2D eigenvalue weighted by atomic mass is 79.9. The molecule has 110 valence electrons. The number of halogens is 1. The van der Waals surface area contributed by atoms with Crippen molar-refractivity contribution in [2.45, 2.75) is 32.1 Å². The van der Waals surface area contributed by atoms with Crippen LogP contribution in [0.25, 0.3) is 0 Å². The smallest absolute Gasteiger partial charge is 0.312 e. The molecule has 0 amide bonds. The van der Waals surface area contributed by atoms with Gasteiger partial charge >= 0.3 is 5.97 Å². The number of aliphatic carboxylic acids is 1. The third-order valence-corrected chi connectivity index (χ3v) is 5.05. The number of nitrogens with one attached hydrogen (secondary N) is 1. The number of aryl methyl sites for hydroxylation is 2. The molecule has 1 unspecified atom stereocenters. The number of hydrogen-bond acceptors (Lipinski definition) is 4. The fourth-order valence-electron chi connectivity index (χ4n) is 2.64. The molecule has 1 aliphatic rings. The Kier molecular flexibility index (Phi) is 3.99. The molecule has 21 heavy (non-hydrogen) atoms. The Morgan fingerprint density at radius 1 is 1.48 bits per heavy atom. The summed E-state index contributed by atoms with van der Waals surface area (Å²) in [5.74, 6) is -1.23. The van der Waals surface area contributed by atoms with Crippen molar-refractivity contribution < 1.29 is 9.90 Å². The van der Waals surface area contributed by atoms with Crippen LogP contribution in [-0.2, 0) is 11.2 Å². The molecule has 6 heteroatoms. The standard InChI is InChI=1S/C15H15BrN2O2S/c1-8-5-9(16)7-10(6-8)17-15-18-13-11(14(19)20)3-2-4-12(13)21-15/h5-7,11H,2-4H2,1H3,(H,17,18)(H,19,20). The number of aromatic nitrogens is 1. The van der Waals surface area contributed by atoms with Crippen molar-refractivity contribution in [2.75, 3.05) is 5.32 Å². The zero-order valence-electron chi connectivity index (χ0n) is 11.5. The second kappa shape index (κ2) is 5.77. The molecule has 2 N–H and O–H groups in total. The second-order valence-electron chi connectivity index (χ2n) is 5.25.